The van der Waals surface area contributed by atoms with Gasteiger partial charge in [-0.1, -0.05) is 18.2 Å². The molecule has 2 aliphatic rings. The number of benzene rings is 1. The number of hydrogen-bond donors (Lipinski definition) is 2. The van der Waals surface area contributed by atoms with Crippen molar-refractivity contribution < 1.29 is 19.2 Å². The molecule has 0 radical (unpaired) electrons. The zero-order valence-corrected chi connectivity index (χ0v) is 13.0. The minimum atomic E-state index is -0.906. The highest BCUT2D eigenvalue weighted by molar-refractivity contribution is 6.02. The summed E-state index contributed by atoms with van der Waals surface area (Å²) in [7, 11) is 0. The molecule has 0 bridgehead atoms. The van der Waals surface area contributed by atoms with Gasteiger partial charge in [0.1, 0.15) is 6.04 Å². The molecule has 0 spiro atoms. The number of amides is 4. The largest absolute Gasteiger partial charge is 0.358 e. The molecule has 0 aromatic heterocycles. The van der Waals surface area contributed by atoms with Crippen LogP contribution in [0.2, 0.25) is 0 Å². The van der Waals surface area contributed by atoms with Crippen molar-refractivity contribution in [2.24, 2.45) is 0 Å². The molecule has 8 nitrogen and oxygen atoms in total. The van der Waals surface area contributed by atoms with Crippen LogP contribution in [0.4, 0.5) is 0 Å². The molecule has 1 unspecified atom stereocenters. The first-order valence-electron chi connectivity index (χ1n) is 7.82. The van der Waals surface area contributed by atoms with Gasteiger partial charge in [0.25, 0.3) is 11.8 Å². The van der Waals surface area contributed by atoms with E-state index in [1.807, 2.05) is 0 Å². The number of rotatable bonds is 5. The summed E-state index contributed by atoms with van der Waals surface area (Å²) in [6, 6.07) is 5.91. The molecule has 1 saturated heterocycles. The SMILES string of the molecule is O=CNCCC(=O)NC1C(=O)N2CCCN2C(=O)c2ccccc21. The second-order valence-corrected chi connectivity index (χ2v) is 5.65. The lowest BCUT2D eigenvalue weighted by molar-refractivity contribution is -0.144. The first-order chi connectivity index (χ1) is 11.6. The average molecular weight is 330 g/mol. The minimum Gasteiger partial charge on any atom is -0.358 e. The third kappa shape index (κ3) is 2.82. The molecule has 1 aromatic carbocycles. The van der Waals surface area contributed by atoms with E-state index in [0.717, 1.165) is 0 Å². The summed E-state index contributed by atoms with van der Waals surface area (Å²) in [6.07, 6.45) is 1.28. The van der Waals surface area contributed by atoms with E-state index < -0.39 is 6.04 Å². The molecule has 0 aliphatic carbocycles. The molecule has 2 aliphatic heterocycles. The number of carbonyl (C=O) groups is 4. The Balaban J connectivity index is 1.89. The molecule has 1 fully saturated rings. The zero-order chi connectivity index (χ0) is 17.1. The monoisotopic (exact) mass is 330 g/mol. The maximum atomic E-state index is 12.8. The molecule has 0 saturated carbocycles. The summed E-state index contributed by atoms with van der Waals surface area (Å²) in [5.74, 6) is -0.907. The van der Waals surface area contributed by atoms with E-state index in [2.05, 4.69) is 10.6 Å². The average Bonchev–Trinajstić information content (AvgIpc) is 3.06. The van der Waals surface area contributed by atoms with E-state index >= 15 is 0 Å². The summed E-state index contributed by atoms with van der Waals surface area (Å²) in [5, 5.41) is 7.96. The normalized spacial score (nSPS) is 19.4. The summed E-state index contributed by atoms with van der Waals surface area (Å²) in [6.45, 7) is 1.13. The topological polar surface area (TPSA) is 98.8 Å². The predicted molar refractivity (Wildman–Crippen MR) is 83.4 cm³/mol. The summed E-state index contributed by atoms with van der Waals surface area (Å²) in [5.41, 5.74) is 0.921. The van der Waals surface area contributed by atoms with Gasteiger partial charge in [-0.15, -0.1) is 0 Å². The van der Waals surface area contributed by atoms with Gasteiger partial charge >= 0.3 is 0 Å². The fourth-order valence-corrected chi connectivity index (χ4v) is 3.03. The van der Waals surface area contributed by atoms with Crippen LogP contribution in [0.5, 0.6) is 0 Å². The van der Waals surface area contributed by atoms with E-state index in [9.17, 15) is 19.2 Å². The molecule has 1 aromatic rings. The lowest BCUT2D eigenvalue weighted by atomic mass is 9.99. The van der Waals surface area contributed by atoms with Crippen LogP contribution in [0.15, 0.2) is 24.3 Å². The van der Waals surface area contributed by atoms with Crippen LogP contribution in [0, 0.1) is 0 Å². The third-order valence-corrected chi connectivity index (χ3v) is 4.15. The maximum absolute atomic E-state index is 12.8. The van der Waals surface area contributed by atoms with Crippen LogP contribution < -0.4 is 10.6 Å². The number of carbonyl (C=O) groups excluding carboxylic acids is 4. The Morgan fingerprint density at radius 3 is 2.75 bits per heavy atom. The van der Waals surface area contributed by atoms with E-state index in [-0.39, 0.29) is 30.7 Å². The van der Waals surface area contributed by atoms with Gasteiger partial charge in [0, 0.05) is 31.6 Å². The van der Waals surface area contributed by atoms with Crippen LogP contribution in [0.1, 0.15) is 34.8 Å². The number of nitrogens with zero attached hydrogens (tertiary/aromatic N) is 2. The number of fused-ring (bicyclic) bond motifs is 2. The zero-order valence-electron chi connectivity index (χ0n) is 13.0. The first kappa shape index (κ1) is 16.0. The van der Waals surface area contributed by atoms with Crippen LogP contribution in [0.3, 0.4) is 0 Å². The molecule has 2 N–H and O–H groups in total. The highest BCUT2D eigenvalue weighted by atomic mass is 16.2. The first-order valence-corrected chi connectivity index (χ1v) is 7.82. The van der Waals surface area contributed by atoms with Gasteiger partial charge in [-0.2, -0.15) is 0 Å². The van der Waals surface area contributed by atoms with Gasteiger partial charge in [0.15, 0.2) is 0 Å². The Hall–Kier alpha value is -2.90. The summed E-state index contributed by atoms with van der Waals surface area (Å²) >= 11 is 0. The lowest BCUT2D eigenvalue weighted by Crippen LogP contribution is -2.47. The molecule has 3 rings (SSSR count). The van der Waals surface area contributed by atoms with Gasteiger partial charge in [-0.25, -0.2) is 10.0 Å². The van der Waals surface area contributed by atoms with Gasteiger partial charge in [0.2, 0.25) is 12.3 Å². The smallest absolute Gasteiger partial charge is 0.272 e. The van der Waals surface area contributed by atoms with E-state index in [1.165, 1.54) is 10.0 Å². The Bertz CT molecular complexity index is 690. The number of nitrogens with one attached hydrogen (secondary N) is 2. The molecular formula is C16H18N4O4. The Kier molecular flexibility index (Phi) is 4.45. The van der Waals surface area contributed by atoms with Crippen molar-refractivity contribution >= 4 is 24.1 Å². The van der Waals surface area contributed by atoms with Crippen LogP contribution in [-0.2, 0) is 14.4 Å². The van der Waals surface area contributed by atoms with Crippen molar-refractivity contribution in [2.75, 3.05) is 19.6 Å². The fourth-order valence-electron chi connectivity index (χ4n) is 3.03. The van der Waals surface area contributed by atoms with Gasteiger partial charge in [-0.05, 0) is 18.1 Å². The van der Waals surface area contributed by atoms with Crippen molar-refractivity contribution in [1.29, 1.82) is 0 Å². The Morgan fingerprint density at radius 2 is 1.96 bits per heavy atom. The van der Waals surface area contributed by atoms with Crippen molar-refractivity contribution in [3.05, 3.63) is 35.4 Å². The standard InChI is InChI=1S/C16H18N4O4/c21-10-17-7-6-13(22)18-14-11-4-1-2-5-12(11)15(23)19-8-3-9-20(19)16(14)24/h1-2,4-5,10,14H,3,6-9H2,(H,17,21)(H,18,22). The van der Waals surface area contributed by atoms with E-state index in [0.29, 0.717) is 37.0 Å². The maximum Gasteiger partial charge on any atom is 0.272 e. The highest BCUT2D eigenvalue weighted by Gasteiger charge is 2.41. The molecule has 1 atom stereocenters. The number of hydrazine groups is 1. The minimum absolute atomic E-state index is 0.0579. The second kappa shape index (κ2) is 6.69. The van der Waals surface area contributed by atoms with E-state index in [1.54, 1.807) is 24.3 Å². The summed E-state index contributed by atoms with van der Waals surface area (Å²) < 4.78 is 0. The lowest BCUT2D eigenvalue weighted by Gasteiger charge is -2.27. The quantitative estimate of drug-likeness (QED) is 0.566. The third-order valence-electron chi connectivity index (χ3n) is 4.15. The summed E-state index contributed by atoms with van der Waals surface area (Å²) in [4.78, 5) is 47.9. The van der Waals surface area contributed by atoms with Crippen molar-refractivity contribution in [3.63, 3.8) is 0 Å². The van der Waals surface area contributed by atoms with Gasteiger partial charge < -0.3 is 10.6 Å². The Morgan fingerprint density at radius 1 is 1.21 bits per heavy atom. The van der Waals surface area contributed by atoms with Crippen molar-refractivity contribution in [3.8, 4) is 0 Å². The van der Waals surface area contributed by atoms with Crippen LogP contribution >= 0.6 is 0 Å². The highest BCUT2D eigenvalue weighted by Crippen LogP contribution is 2.29. The van der Waals surface area contributed by atoms with Crippen molar-refractivity contribution in [2.45, 2.75) is 18.9 Å². The number of hydrogen-bond acceptors (Lipinski definition) is 4. The molecule has 2 heterocycles. The van der Waals surface area contributed by atoms with Gasteiger partial charge in [-0.3, -0.25) is 19.2 Å². The predicted octanol–water partition coefficient (Wildman–Crippen LogP) is -0.417. The molecule has 24 heavy (non-hydrogen) atoms. The van der Waals surface area contributed by atoms with Crippen LogP contribution in [-0.4, -0.2) is 53.8 Å². The second-order valence-electron chi connectivity index (χ2n) is 5.65. The molecule has 126 valence electrons. The van der Waals surface area contributed by atoms with Crippen molar-refractivity contribution in [1.82, 2.24) is 20.7 Å². The molecular weight excluding hydrogens is 312 g/mol. The Labute approximate surface area is 138 Å². The molecule has 4 amide bonds. The molecule has 8 heteroatoms. The fraction of sp³-hybridized carbons (Fsp3) is 0.375. The van der Waals surface area contributed by atoms with Crippen LogP contribution in [0.25, 0.3) is 0 Å². The van der Waals surface area contributed by atoms with Gasteiger partial charge in [0.05, 0.1) is 0 Å². The van der Waals surface area contributed by atoms with E-state index in [4.69, 9.17) is 0 Å².